The predicted octanol–water partition coefficient (Wildman–Crippen LogP) is 4.71. The number of oxime groups is 1. The average molecular weight is 374 g/mol. The lowest BCUT2D eigenvalue weighted by atomic mass is 9.96. The molecule has 3 aromatic rings. The van der Waals surface area contributed by atoms with E-state index in [-0.39, 0.29) is 0 Å². The molecule has 0 saturated carbocycles. The molecular weight excluding hydrogens is 348 g/mol. The Morgan fingerprint density at radius 2 is 1.68 bits per heavy atom. The monoisotopic (exact) mass is 374 g/mol. The summed E-state index contributed by atoms with van der Waals surface area (Å²) in [6, 6.07) is 22.7. The van der Waals surface area contributed by atoms with Crippen LogP contribution < -0.4 is 4.74 Å². The van der Waals surface area contributed by atoms with Crippen molar-refractivity contribution in [1.82, 2.24) is 4.90 Å². The van der Waals surface area contributed by atoms with E-state index in [0.717, 1.165) is 29.1 Å². The Labute approximate surface area is 166 Å². The first-order valence-electron chi connectivity index (χ1n) is 9.90. The number of rotatable bonds is 7. The van der Waals surface area contributed by atoms with E-state index in [4.69, 9.17) is 9.57 Å². The molecule has 3 aromatic carbocycles. The van der Waals surface area contributed by atoms with Gasteiger partial charge < -0.3 is 9.57 Å². The van der Waals surface area contributed by atoms with Gasteiger partial charge in [-0.05, 0) is 61.0 Å². The van der Waals surface area contributed by atoms with Crippen LogP contribution in [0.1, 0.15) is 24.0 Å². The highest BCUT2D eigenvalue weighted by molar-refractivity contribution is 6.19. The molecule has 0 N–H and O–H groups in total. The molecule has 4 rings (SSSR count). The van der Waals surface area contributed by atoms with Crippen molar-refractivity contribution in [3.05, 3.63) is 77.9 Å². The van der Waals surface area contributed by atoms with Gasteiger partial charge >= 0.3 is 0 Å². The highest BCUT2D eigenvalue weighted by atomic mass is 16.6. The lowest BCUT2D eigenvalue weighted by Gasteiger charge is -2.14. The first-order chi connectivity index (χ1) is 13.8. The molecule has 1 saturated heterocycles. The summed E-state index contributed by atoms with van der Waals surface area (Å²) in [6.07, 6.45) is 2.58. The van der Waals surface area contributed by atoms with Crippen molar-refractivity contribution in [1.29, 1.82) is 0 Å². The number of hydrogen-bond donors (Lipinski definition) is 0. The van der Waals surface area contributed by atoms with E-state index < -0.39 is 0 Å². The lowest BCUT2D eigenvalue weighted by Crippen LogP contribution is -2.23. The van der Waals surface area contributed by atoms with Gasteiger partial charge in [0.25, 0.3) is 0 Å². The van der Waals surface area contributed by atoms with Crippen molar-refractivity contribution in [3.63, 3.8) is 0 Å². The summed E-state index contributed by atoms with van der Waals surface area (Å²) in [5, 5.41) is 6.94. The third-order valence-electron chi connectivity index (χ3n) is 5.26. The van der Waals surface area contributed by atoms with Gasteiger partial charge in [0, 0.05) is 17.7 Å². The minimum atomic E-state index is 0.602. The van der Waals surface area contributed by atoms with Crippen LogP contribution in [-0.4, -0.2) is 44.0 Å². The Bertz CT molecular complexity index is 939. The molecule has 1 aliphatic heterocycles. The van der Waals surface area contributed by atoms with E-state index in [1.165, 1.54) is 36.7 Å². The summed E-state index contributed by atoms with van der Waals surface area (Å²) >= 11 is 0. The summed E-state index contributed by atoms with van der Waals surface area (Å²) < 4.78 is 5.30. The molecule has 0 aromatic heterocycles. The molecule has 1 heterocycles. The molecule has 0 aliphatic carbocycles. The number of benzene rings is 3. The zero-order valence-corrected chi connectivity index (χ0v) is 16.3. The molecule has 0 unspecified atom stereocenters. The molecule has 0 atom stereocenters. The summed E-state index contributed by atoms with van der Waals surface area (Å²) in [7, 11) is 1.68. The number of fused-ring (bicyclic) bond motifs is 1. The van der Waals surface area contributed by atoms with Gasteiger partial charge in [-0.3, -0.25) is 4.90 Å². The summed E-state index contributed by atoms with van der Waals surface area (Å²) in [5.74, 6) is 0.830. The highest BCUT2D eigenvalue weighted by Gasteiger charge is 2.13. The maximum absolute atomic E-state index is 5.79. The first kappa shape index (κ1) is 18.5. The fourth-order valence-corrected chi connectivity index (χ4v) is 3.72. The van der Waals surface area contributed by atoms with E-state index in [1.54, 1.807) is 7.11 Å². The Morgan fingerprint density at radius 1 is 0.929 bits per heavy atom. The maximum atomic E-state index is 5.79. The molecule has 144 valence electrons. The Morgan fingerprint density at radius 3 is 2.46 bits per heavy atom. The van der Waals surface area contributed by atoms with Crippen LogP contribution in [0.5, 0.6) is 5.75 Å². The van der Waals surface area contributed by atoms with Gasteiger partial charge in [-0.25, -0.2) is 0 Å². The van der Waals surface area contributed by atoms with Crippen LogP contribution in [0.4, 0.5) is 0 Å². The van der Waals surface area contributed by atoms with Gasteiger partial charge in [0.15, 0.2) is 0 Å². The number of nitrogens with zero attached hydrogens (tertiary/aromatic N) is 2. The van der Waals surface area contributed by atoms with Gasteiger partial charge in [0.2, 0.25) is 0 Å². The van der Waals surface area contributed by atoms with Crippen molar-refractivity contribution < 1.29 is 9.57 Å². The summed E-state index contributed by atoms with van der Waals surface area (Å²) in [6.45, 7) is 3.86. The fraction of sp³-hybridized carbons (Fsp3) is 0.292. The van der Waals surface area contributed by atoms with Crippen molar-refractivity contribution in [2.75, 3.05) is 33.4 Å². The third-order valence-corrected chi connectivity index (χ3v) is 5.26. The number of hydrogen-bond acceptors (Lipinski definition) is 4. The van der Waals surface area contributed by atoms with E-state index in [2.05, 4.69) is 52.5 Å². The summed E-state index contributed by atoms with van der Waals surface area (Å²) in [5.41, 5.74) is 2.93. The zero-order chi connectivity index (χ0) is 19.2. The van der Waals surface area contributed by atoms with Crippen molar-refractivity contribution in [2.24, 2.45) is 5.16 Å². The van der Waals surface area contributed by atoms with Gasteiger partial charge in [-0.1, -0.05) is 47.6 Å². The highest BCUT2D eigenvalue weighted by Crippen LogP contribution is 2.23. The van der Waals surface area contributed by atoms with E-state index in [0.29, 0.717) is 6.61 Å². The maximum Gasteiger partial charge on any atom is 0.129 e. The third kappa shape index (κ3) is 4.18. The van der Waals surface area contributed by atoms with Crippen LogP contribution in [-0.2, 0) is 4.84 Å². The quantitative estimate of drug-likeness (QED) is 0.341. The molecule has 4 nitrogen and oxygen atoms in total. The fourth-order valence-electron chi connectivity index (χ4n) is 3.72. The molecule has 0 bridgehead atoms. The average Bonchev–Trinajstić information content (AvgIpc) is 3.27. The standard InChI is InChI=1S/C24H26N2O2/c1-27-21-13-11-20(12-14-21)24(25-28-18-17-26-15-4-5-16-26)23-10-6-8-19-7-2-3-9-22(19)23/h2-3,6-14H,4-5,15-18H2,1H3/b25-24+. The minimum absolute atomic E-state index is 0.602. The van der Waals surface area contributed by atoms with Crippen LogP contribution in [0.3, 0.4) is 0 Å². The molecule has 0 amide bonds. The van der Waals surface area contributed by atoms with Crippen LogP contribution in [0.25, 0.3) is 10.8 Å². The predicted molar refractivity (Wildman–Crippen MR) is 114 cm³/mol. The number of methoxy groups -OCH3 is 1. The number of ether oxygens (including phenoxy) is 1. The largest absolute Gasteiger partial charge is 0.497 e. The number of likely N-dealkylation sites (tertiary alicyclic amines) is 1. The summed E-state index contributed by atoms with van der Waals surface area (Å²) in [4.78, 5) is 8.22. The Hall–Kier alpha value is -2.85. The molecule has 4 heteroatoms. The van der Waals surface area contributed by atoms with Crippen LogP contribution in [0, 0.1) is 0 Å². The molecular formula is C24H26N2O2. The van der Waals surface area contributed by atoms with Crippen molar-refractivity contribution in [2.45, 2.75) is 12.8 Å². The smallest absolute Gasteiger partial charge is 0.129 e. The molecule has 0 radical (unpaired) electrons. The van der Waals surface area contributed by atoms with Gasteiger partial charge in [-0.2, -0.15) is 0 Å². The van der Waals surface area contributed by atoms with Gasteiger partial charge in [0.1, 0.15) is 18.1 Å². The van der Waals surface area contributed by atoms with Gasteiger partial charge in [-0.15, -0.1) is 0 Å². The molecule has 28 heavy (non-hydrogen) atoms. The SMILES string of the molecule is COc1ccc(/C(=N\OCCN2CCCC2)c2cccc3ccccc23)cc1. The molecule has 1 fully saturated rings. The van der Waals surface area contributed by atoms with Crippen molar-refractivity contribution in [3.8, 4) is 5.75 Å². The first-order valence-corrected chi connectivity index (χ1v) is 9.90. The molecule has 1 aliphatic rings. The Kier molecular flexibility index (Phi) is 5.88. The van der Waals surface area contributed by atoms with Gasteiger partial charge in [0.05, 0.1) is 7.11 Å². The van der Waals surface area contributed by atoms with Crippen LogP contribution in [0.2, 0.25) is 0 Å². The zero-order valence-electron chi connectivity index (χ0n) is 16.3. The van der Waals surface area contributed by atoms with E-state index >= 15 is 0 Å². The Balaban J connectivity index is 1.64. The van der Waals surface area contributed by atoms with Crippen molar-refractivity contribution >= 4 is 16.5 Å². The van der Waals surface area contributed by atoms with E-state index in [1.807, 2.05) is 24.3 Å². The van der Waals surface area contributed by atoms with Crippen LogP contribution in [0.15, 0.2) is 71.9 Å². The van der Waals surface area contributed by atoms with Crippen LogP contribution >= 0.6 is 0 Å². The second-order valence-corrected chi connectivity index (χ2v) is 7.08. The second-order valence-electron chi connectivity index (χ2n) is 7.08. The van der Waals surface area contributed by atoms with E-state index in [9.17, 15) is 0 Å². The lowest BCUT2D eigenvalue weighted by molar-refractivity contribution is 0.119. The molecule has 0 spiro atoms. The second kappa shape index (κ2) is 8.89. The topological polar surface area (TPSA) is 34.1 Å². The normalized spacial score (nSPS) is 15.1. The minimum Gasteiger partial charge on any atom is -0.497 e.